The van der Waals surface area contributed by atoms with Gasteiger partial charge in [-0.1, -0.05) is 44.1 Å². The first-order valence-electron chi connectivity index (χ1n) is 4.91. The topological polar surface area (TPSA) is 3.24 Å². The van der Waals surface area contributed by atoms with Gasteiger partial charge in [0.1, 0.15) is 7.28 Å². The van der Waals surface area contributed by atoms with E-state index >= 15 is 0 Å². The van der Waals surface area contributed by atoms with Gasteiger partial charge in [-0.15, -0.1) is 0 Å². The van der Waals surface area contributed by atoms with Crippen LogP contribution in [0.3, 0.4) is 0 Å². The van der Waals surface area contributed by atoms with E-state index in [-0.39, 0.29) is 0 Å². The van der Waals surface area contributed by atoms with Crippen molar-refractivity contribution in [2.24, 2.45) is 0 Å². The smallest absolute Gasteiger partial charge is 0.125 e. The van der Waals surface area contributed by atoms with Crippen LogP contribution >= 0.6 is 0 Å². The van der Waals surface area contributed by atoms with Crippen molar-refractivity contribution in [2.75, 3.05) is 13.0 Å². The van der Waals surface area contributed by atoms with E-state index in [2.05, 4.69) is 56.3 Å². The molecule has 0 saturated heterocycles. The summed E-state index contributed by atoms with van der Waals surface area (Å²) in [6.07, 6.45) is 1.07. The minimum absolute atomic E-state index is 1.06. The largest absolute Gasteiger partial charge is 0.307 e. The van der Waals surface area contributed by atoms with Crippen molar-refractivity contribution in [2.45, 2.75) is 20.3 Å². The fraction of sp³-hybridized carbons (Fsp3) is 0.455. The van der Waals surface area contributed by atoms with E-state index in [1.165, 1.54) is 5.56 Å². The zero-order valence-electron chi connectivity index (χ0n) is 8.53. The molecule has 0 aliphatic carbocycles. The molecule has 0 heterocycles. The number of nitrogens with zero attached hydrogens (tertiary/aromatic N) is 1. The highest BCUT2D eigenvalue weighted by molar-refractivity contribution is 6.33. The summed E-state index contributed by atoms with van der Waals surface area (Å²) in [4.78, 5) is 2.41. The van der Waals surface area contributed by atoms with Gasteiger partial charge in [0.15, 0.2) is 0 Å². The van der Waals surface area contributed by atoms with Crippen LogP contribution in [0.1, 0.15) is 12.5 Å². The highest BCUT2D eigenvalue weighted by Crippen LogP contribution is 2.02. The third-order valence-electron chi connectivity index (χ3n) is 2.14. The van der Waals surface area contributed by atoms with Crippen molar-refractivity contribution < 1.29 is 0 Å². The van der Waals surface area contributed by atoms with Gasteiger partial charge in [0, 0.05) is 6.54 Å². The molecule has 1 aromatic rings. The van der Waals surface area contributed by atoms with Crippen molar-refractivity contribution in [1.29, 1.82) is 0 Å². The summed E-state index contributed by atoms with van der Waals surface area (Å²) in [6.45, 7) is 6.47. The van der Waals surface area contributed by atoms with Gasteiger partial charge in [-0.05, 0) is 18.6 Å². The number of rotatable bonds is 5. The molecule has 1 radical (unpaired) electrons. The van der Waals surface area contributed by atoms with E-state index in [1.54, 1.807) is 0 Å². The van der Waals surface area contributed by atoms with Crippen LogP contribution in [0.25, 0.3) is 0 Å². The van der Waals surface area contributed by atoms with Gasteiger partial charge in [0.05, 0.1) is 0 Å². The number of hydrogen-bond donors (Lipinski definition) is 0. The van der Waals surface area contributed by atoms with E-state index in [0.717, 1.165) is 19.5 Å². The first kappa shape index (κ1) is 10.3. The minimum Gasteiger partial charge on any atom is -0.307 e. The maximum atomic E-state index is 2.41. The van der Waals surface area contributed by atoms with Crippen LogP contribution in [0.5, 0.6) is 0 Å². The molecule has 0 spiro atoms. The Morgan fingerprint density at radius 3 is 2.46 bits per heavy atom. The van der Waals surface area contributed by atoms with Crippen molar-refractivity contribution >= 4 is 7.28 Å². The van der Waals surface area contributed by atoms with Crippen molar-refractivity contribution in [3.8, 4) is 0 Å². The molecule has 0 aromatic heterocycles. The molecule has 0 saturated carbocycles. The average molecular weight is 174 g/mol. The van der Waals surface area contributed by atoms with E-state index in [9.17, 15) is 0 Å². The van der Waals surface area contributed by atoms with Gasteiger partial charge in [-0.3, -0.25) is 0 Å². The summed E-state index contributed by atoms with van der Waals surface area (Å²) in [7, 11) is 2.20. The van der Waals surface area contributed by atoms with E-state index in [0.29, 0.717) is 0 Å². The predicted molar refractivity (Wildman–Crippen MR) is 59.0 cm³/mol. The number of hydrogen-bond acceptors (Lipinski definition) is 1. The molecular formula is C11H17BN. The zero-order valence-corrected chi connectivity index (χ0v) is 8.53. The molecule has 0 unspecified atom stereocenters. The Morgan fingerprint density at radius 1 is 1.23 bits per heavy atom. The monoisotopic (exact) mass is 174 g/mol. The van der Waals surface area contributed by atoms with Crippen LogP contribution < -0.4 is 0 Å². The van der Waals surface area contributed by atoms with Gasteiger partial charge in [0.2, 0.25) is 0 Å². The number of benzene rings is 1. The van der Waals surface area contributed by atoms with E-state index in [1.807, 2.05) is 0 Å². The molecule has 13 heavy (non-hydrogen) atoms. The lowest BCUT2D eigenvalue weighted by atomic mass is 9.82. The Hall–Kier alpha value is -0.755. The van der Waals surface area contributed by atoms with Gasteiger partial charge >= 0.3 is 0 Å². The lowest BCUT2D eigenvalue weighted by Gasteiger charge is -2.19. The second-order valence-corrected chi connectivity index (χ2v) is 3.22. The summed E-state index contributed by atoms with van der Waals surface area (Å²) in [6, 6.07) is 10.6. The summed E-state index contributed by atoms with van der Waals surface area (Å²) < 4.78 is 0. The lowest BCUT2D eigenvalue weighted by molar-refractivity contribution is 0.326. The minimum atomic E-state index is 1.06. The summed E-state index contributed by atoms with van der Waals surface area (Å²) in [5, 5.41) is 0. The van der Waals surface area contributed by atoms with Crippen molar-refractivity contribution in [3.63, 3.8) is 0 Å². The molecule has 1 rings (SSSR count). The molecule has 1 aromatic carbocycles. The van der Waals surface area contributed by atoms with Gasteiger partial charge < -0.3 is 4.90 Å². The molecule has 1 nitrogen and oxygen atoms in total. The van der Waals surface area contributed by atoms with Crippen molar-refractivity contribution in [3.05, 3.63) is 35.9 Å². The van der Waals surface area contributed by atoms with Crippen LogP contribution in [0.4, 0.5) is 0 Å². The molecule has 0 N–H and O–H groups in total. The zero-order chi connectivity index (χ0) is 9.52. The quantitative estimate of drug-likeness (QED) is 0.618. The normalized spacial score (nSPS) is 10.4. The maximum absolute atomic E-state index is 2.41. The predicted octanol–water partition coefficient (Wildman–Crippen LogP) is 2.22. The molecule has 0 bridgehead atoms. The van der Waals surface area contributed by atoms with Gasteiger partial charge in [0.25, 0.3) is 0 Å². The molecule has 0 aliphatic rings. The maximum Gasteiger partial charge on any atom is 0.125 e. The first-order chi connectivity index (χ1) is 6.36. The molecule has 2 heteroatoms. The van der Waals surface area contributed by atoms with Gasteiger partial charge in [-0.25, -0.2) is 0 Å². The van der Waals surface area contributed by atoms with Gasteiger partial charge in [-0.2, -0.15) is 0 Å². The van der Waals surface area contributed by atoms with Crippen LogP contribution in [0, 0.1) is 0 Å². The lowest BCUT2D eigenvalue weighted by Crippen LogP contribution is -2.26. The molecular weight excluding hydrogens is 157 g/mol. The first-order valence-corrected chi connectivity index (χ1v) is 4.91. The van der Waals surface area contributed by atoms with Crippen LogP contribution in [-0.4, -0.2) is 25.2 Å². The third kappa shape index (κ3) is 3.64. The average Bonchev–Trinajstić information content (AvgIpc) is 2.19. The fourth-order valence-electron chi connectivity index (χ4n) is 1.41. The second-order valence-electron chi connectivity index (χ2n) is 3.22. The van der Waals surface area contributed by atoms with Crippen LogP contribution in [0.15, 0.2) is 30.3 Å². The molecule has 0 aliphatic heterocycles. The standard InChI is InChI=1S/C11H17BN/c1-3-13(10-12-2)9-11-7-5-4-6-8-11/h4-8H,3,9-10H2,1-2H3. The molecule has 0 fully saturated rings. The molecule has 0 amide bonds. The summed E-state index contributed by atoms with van der Waals surface area (Å²) >= 11 is 0. The molecule has 69 valence electrons. The van der Waals surface area contributed by atoms with Crippen molar-refractivity contribution in [1.82, 2.24) is 4.90 Å². The Labute approximate surface area is 82.0 Å². The summed E-state index contributed by atoms with van der Waals surface area (Å²) in [5.41, 5.74) is 1.39. The Kier molecular flexibility index (Phi) is 4.62. The van der Waals surface area contributed by atoms with Crippen LogP contribution in [-0.2, 0) is 6.54 Å². The summed E-state index contributed by atoms with van der Waals surface area (Å²) in [5.74, 6) is 0. The molecule has 0 atom stereocenters. The Bertz CT molecular complexity index is 223. The van der Waals surface area contributed by atoms with Crippen LogP contribution in [0.2, 0.25) is 6.82 Å². The Balaban J connectivity index is 2.46. The SMILES string of the molecule is C[B]CN(CC)Cc1ccccc1. The fourth-order valence-corrected chi connectivity index (χ4v) is 1.41. The second kappa shape index (κ2) is 5.82. The van der Waals surface area contributed by atoms with E-state index in [4.69, 9.17) is 0 Å². The third-order valence-corrected chi connectivity index (χ3v) is 2.14. The highest BCUT2D eigenvalue weighted by atomic mass is 15.1. The highest BCUT2D eigenvalue weighted by Gasteiger charge is 2.00. The Morgan fingerprint density at radius 2 is 1.92 bits per heavy atom. The van der Waals surface area contributed by atoms with E-state index < -0.39 is 0 Å².